The highest BCUT2D eigenvalue weighted by Crippen LogP contribution is 2.17. The first kappa shape index (κ1) is 18.8. The molecule has 0 saturated carbocycles. The highest BCUT2D eigenvalue weighted by atomic mass is 35.5. The van der Waals surface area contributed by atoms with Crippen LogP contribution < -0.4 is 10.9 Å². The second-order valence-electron chi connectivity index (χ2n) is 5.61. The van der Waals surface area contributed by atoms with Gasteiger partial charge in [0.25, 0.3) is 5.56 Å². The Labute approximate surface area is 156 Å². The lowest BCUT2D eigenvalue weighted by Crippen LogP contribution is -2.23. The van der Waals surface area contributed by atoms with E-state index in [9.17, 15) is 18.0 Å². The van der Waals surface area contributed by atoms with E-state index in [-0.39, 0.29) is 18.1 Å². The van der Waals surface area contributed by atoms with E-state index in [0.29, 0.717) is 16.3 Å². The number of rotatable bonds is 5. The molecule has 6 nitrogen and oxygen atoms in total. The third-order valence-electron chi connectivity index (χ3n) is 3.51. The van der Waals surface area contributed by atoms with Crippen LogP contribution in [0, 0.1) is 0 Å². The predicted molar refractivity (Wildman–Crippen MR) is 94.6 cm³/mol. The molecule has 27 heavy (non-hydrogen) atoms. The van der Waals surface area contributed by atoms with E-state index in [1.54, 1.807) is 24.3 Å². The topological polar surface area (TPSA) is 72.7 Å². The Balaban J connectivity index is 1.79. The summed E-state index contributed by atoms with van der Waals surface area (Å²) in [6.45, 7) is -0.980. The second kappa shape index (κ2) is 7.75. The van der Waals surface area contributed by atoms with Crippen molar-refractivity contribution in [1.82, 2.24) is 19.7 Å². The molecule has 3 rings (SSSR count). The molecule has 1 aromatic carbocycles. The van der Waals surface area contributed by atoms with Crippen LogP contribution in [0.1, 0.15) is 5.56 Å². The van der Waals surface area contributed by atoms with Gasteiger partial charge in [0.2, 0.25) is 5.95 Å². The maximum atomic E-state index is 12.2. The van der Waals surface area contributed by atoms with E-state index < -0.39 is 12.7 Å². The molecule has 0 aliphatic heterocycles. The number of hydrogen-bond acceptors (Lipinski definition) is 5. The summed E-state index contributed by atoms with van der Waals surface area (Å²) in [6, 6.07) is 9.86. The molecule has 0 atom stereocenters. The number of alkyl halides is 3. The average molecular weight is 396 g/mol. The van der Waals surface area contributed by atoms with Crippen molar-refractivity contribution in [3.63, 3.8) is 0 Å². The zero-order chi connectivity index (χ0) is 19.4. The lowest BCUT2D eigenvalue weighted by molar-refractivity contribution is -0.115. The van der Waals surface area contributed by atoms with Gasteiger partial charge in [-0.15, -0.1) is 0 Å². The fourth-order valence-corrected chi connectivity index (χ4v) is 2.34. The summed E-state index contributed by atoms with van der Waals surface area (Å²) in [7, 11) is 0. The van der Waals surface area contributed by atoms with Crippen molar-refractivity contribution in [1.29, 1.82) is 0 Å². The molecular weight excluding hydrogens is 383 g/mol. The van der Waals surface area contributed by atoms with Gasteiger partial charge < -0.3 is 5.32 Å². The van der Waals surface area contributed by atoms with Crippen LogP contribution in [0.5, 0.6) is 0 Å². The van der Waals surface area contributed by atoms with Gasteiger partial charge in [0.1, 0.15) is 6.54 Å². The van der Waals surface area contributed by atoms with Gasteiger partial charge in [0, 0.05) is 29.0 Å². The number of anilines is 1. The van der Waals surface area contributed by atoms with Crippen LogP contribution in [0.4, 0.5) is 19.1 Å². The number of halogens is 4. The molecule has 3 aromatic rings. The van der Waals surface area contributed by atoms with Crippen molar-refractivity contribution in [2.45, 2.75) is 12.7 Å². The molecule has 2 aromatic heterocycles. The minimum atomic E-state index is -4.36. The van der Waals surface area contributed by atoms with Crippen molar-refractivity contribution in [2.24, 2.45) is 0 Å². The van der Waals surface area contributed by atoms with Crippen LogP contribution in [-0.4, -0.2) is 32.5 Å². The molecular formula is C17H13ClF3N5O. The van der Waals surface area contributed by atoms with Crippen molar-refractivity contribution in [3.05, 3.63) is 69.7 Å². The largest absolute Gasteiger partial charge is 0.405 e. The third kappa shape index (κ3) is 5.27. The predicted octanol–water partition coefficient (Wildman–Crippen LogP) is 3.38. The molecule has 10 heteroatoms. The van der Waals surface area contributed by atoms with E-state index in [1.165, 1.54) is 29.2 Å². The molecule has 0 fully saturated rings. The average Bonchev–Trinajstić information content (AvgIpc) is 2.63. The summed E-state index contributed by atoms with van der Waals surface area (Å²) >= 11 is 5.85. The van der Waals surface area contributed by atoms with Gasteiger partial charge in [-0.05, 0) is 23.8 Å². The molecule has 0 aliphatic rings. The Bertz CT molecular complexity index is 972. The third-order valence-corrected chi connectivity index (χ3v) is 3.76. The van der Waals surface area contributed by atoms with E-state index in [4.69, 9.17) is 11.6 Å². The lowest BCUT2D eigenvalue weighted by Gasteiger charge is -2.09. The van der Waals surface area contributed by atoms with Crippen molar-refractivity contribution >= 4 is 17.5 Å². The highest BCUT2D eigenvalue weighted by molar-refractivity contribution is 6.30. The Morgan fingerprint density at radius 1 is 1.04 bits per heavy atom. The van der Waals surface area contributed by atoms with Gasteiger partial charge >= 0.3 is 6.18 Å². The summed E-state index contributed by atoms with van der Waals surface area (Å²) in [5.41, 5.74) is 1.44. The fourth-order valence-electron chi connectivity index (χ4n) is 2.21. The zero-order valence-electron chi connectivity index (χ0n) is 13.7. The minimum absolute atomic E-state index is 0.148. The Morgan fingerprint density at radius 2 is 1.70 bits per heavy atom. The monoisotopic (exact) mass is 395 g/mol. The zero-order valence-corrected chi connectivity index (χ0v) is 14.5. The summed E-state index contributed by atoms with van der Waals surface area (Å²) in [4.78, 5) is 19.7. The summed E-state index contributed by atoms with van der Waals surface area (Å²) in [5.74, 6) is -0.148. The second-order valence-corrected chi connectivity index (χ2v) is 6.04. The maximum Gasteiger partial charge on any atom is 0.405 e. The van der Waals surface area contributed by atoms with E-state index in [2.05, 4.69) is 20.4 Å². The molecule has 0 unspecified atom stereocenters. The maximum absolute atomic E-state index is 12.2. The lowest BCUT2D eigenvalue weighted by atomic mass is 10.2. The summed E-state index contributed by atoms with van der Waals surface area (Å²) in [5, 5.41) is 6.94. The Kier molecular flexibility index (Phi) is 5.41. The number of nitrogens with one attached hydrogen (secondary N) is 1. The molecule has 0 saturated heterocycles. The number of nitrogens with zero attached hydrogens (tertiary/aromatic N) is 4. The smallest absolute Gasteiger partial charge is 0.345 e. The Hall–Kier alpha value is -2.94. The van der Waals surface area contributed by atoms with E-state index in [0.717, 1.165) is 5.56 Å². The number of hydrogen-bond donors (Lipinski definition) is 1. The van der Waals surface area contributed by atoms with Gasteiger partial charge in [-0.25, -0.2) is 14.6 Å². The Morgan fingerprint density at radius 3 is 2.33 bits per heavy atom. The first-order chi connectivity index (χ1) is 12.8. The van der Waals surface area contributed by atoms with Crippen molar-refractivity contribution in [3.8, 4) is 11.3 Å². The van der Waals surface area contributed by atoms with Crippen molar-refractivity contribution < 1.29 is 13.2 Å². The molecule has 0 radical (unpaired) electrons. The van der Waals surface area contributed by atoms with Gasteiger partial charge in [-0.2, -0.15) is 18.3 Å². The summed E-state index contributed by atoms with van der Waals surface area (Å²) in [6.07, 6.45) is -1.68. The first-order valence-corrected chi connectivity index (χ1v) is 8.14. The van der Waals surface area contributed by atoms with Gasteiger partial charge in [-0.3, -0.25) is 4.79 Å². The fraction of sp³-hybridized carbons (Fsp3) is 0.176. The summed E-state index contributed by atoms with van der Waals surface area (Å²) < 4.78 is 37.9. The molecule has 0 amide bonds. The van der Waals surface area contributed by atoms with Crippen LogP contribution in [0.25, 0.3) is 11.3 Å². The minimum Gasteiger partial charge on any atom is -0.345 e. The van der Waals surface area contributed by atoms with E-state index >= 15 is 0 Å². The van der Waals surface area contributed by atoms with Gasteiger partial charge in [0.05, 0.1) is 12.2 Å². The first-order valence-electron chi connectivity index (χ1n) is 7.76. The standard InChI is InChI=1S/C17H13ClF3N5O/c18-13-3-1-11(2-4-13)9-26-15(27)6-5-14(25-26)12-7-22-16(23-8-12)24-10-17(19,20)21/h1-8H,9-10H2,(H,22,23,24). The van der Waals surface area contributed by atoms with E-state index in [1.807, 2.05) is 0 Å². The van der Waals surface area contributed by atoms with Gasteiger partial charge in [0.15, 0.2) is 0 Å². The molecule has 1 N–H and O–H groups in total. The molecule has 2 heterocycles. The molecule has 140 valence electrons. The molecule has 0 aliphatic carbocycles. The van der Waals surface area contributed by atoms with Crippen LogP contribution >= 0.6 is 11.6 Å². The van der Waals surface area contributed by atoms with Gasteiger partial charge in [-0.1, -0.05) is 23.7 Å². The van der Waals surface area contributed by atoms with Crippen LogP contribution in [0.2, 0.25) is 5.02 Å². The number of benzene rings is 1. The van der Waals surface area contributed by atoms with Crippen molar-refractivity contribution in [2.75, 3.05) is 11.9 Å². The quantitative estimate of drug-likeness (QED) is 0.717. The molecule has 0 spiro atoms. The highest BCUT2D eigenvalue weighted by Gasteiger charge is 2.27. The molecule has 0 bridgehead atoms. The number of aromatic nitrogens is 4. The van der Waals surface area contributed by atoms with Crippen LogP contribution in [0.3, 0.4) is 0 Å². The van der Waals surface area contributed by atoms with Crippen LogP contribution in [-0.2, 0) is 6.54 Å². The SMILES string of the molecule is O=c1ccc(-c2cnc(NCC(F)(F)F)nc2)nn1Cc1ccc(Cl)cc1. The normalized spacial score (nSPS) is 11.4. The van der Waals surface area contributed by atoms with Crippen LogP contribution in [0.15, 0.2) is 53.6 Å².